The predicted octanol–water partition coefficient (Wildman–Crippen LogP) is 1.41. The van der Waals surface area contributed by atoms with Gasteiger partial charge in [0, 0.05) is 28.9 Å². The summed E-state index contributed by atoms with van der Waals surface area (Å²) in [5, 5.41) is 18.5. The molecule has 0 saturated heterocycles. The molecule has 158 valence electrons. The summed E-state index contributed by atoms with van der Waals surface area (Å²) in [7, 11) is 1.58. The van der Waals surface area contributed by atoms with E-state index in [9.17, 15) is 0 Å². The number of rotatable bonds is 5. The van der Waals surface area contributed by atoms with Gasteiger partial charge in [-0.1, -0.05) is 6.92 Å². The molecule has 1 aliphatic rings. The lowest BCUT2D eigenvalue weighted by Gasteiger charge is -2.11. The Morgan fingerprint density at radius 3 is 2.87 bits per heavy atom. The smallest absolute Gasteiger partial charge is 0.360 e. The Balaban J connectivity index is 1.52. The summed E-state index contributed by atoms with van der Waals surface area (Å²) < 4.78 is 14.7. The van der Waals surface area contributed by atoms with E-state index in [2.05, 4.69) is 20.1 Å². The maximum absolute atomic E-state index is 8.14. The van der Waals surface area contributed by atoms with Crippen molar-refractivity contribution in [3.05, 3.63) is 36.7 Å². The van der Waals surface area contributed by atoms with Crippen LogP contribution in [0.2, 0.25) is 0 Å². The predicted molar refractivity (Wildman–Crippen MR) is 114 cm³/mol. The number of ether oxygens (including phenoxy) is 2. The summed E-state index contributed by atoms with van der Waals surface area (Å²) in [5.74, 6) is 1.73. The van der Waals surface area contributed by atoms with Gasteiger partial charge in [0.25, 0.3) is 0 Å². The molecule has 0 bridgehead atoms. The van der Waals surface area contributed by atoms with Crippen LogP contribution in [0.25, 0.3) is 27.8 Å². The summed E-state index contributed by atoms with van der Waals surface area (Å²) in [6.07, 6.45) is 6.99. The number of aromatic nitrogens is 6. The highest BCUT2D eigenvalue weighted by Gasteiger charge is 2.44. The van der Waals surface area contributed by atoms with Gasteiger partial charge in [0.15, 0.2) is 11.5 Å². The van der Waals surface area contributed by atoms with Crippen molar-refractivity contribution < 1.29 is 14.9 Å². The second-order valence-corrected chi connectivity index (χ2v) is 8.06. The zero-order chi connectivity index (χ0) is 21.8. The molecular formula is C21H23N8O2+. The van der Waals surface area contributed by atoms with Crippen LogP contribution in [0.1, 0.15) is 25.6 Å². The Morgan fingerprint density at radius 1 is 1.32 bits per heavy atom. The molecule has 0 amide bonds. The Morgan fingerprint density at radius 2 is 2.13 bits per heavy atom. The van der Waals surface area contributed by atoms with Crippen LogP contribution in [0.5, 0.6) is 5.88 Å². The molecule has 0 radical (unpaired) electrons. The van der Waals surface area contributed by atoms with Gasteiger partial charge in [-0.05, 0) is 31.9 Å². The van der Waals surface area contributed by atoms with Gasteiger partial charge in [0.05, 0.1) is 12.6 Å². The molecule has 3 N–H and O–H groups in total. The van der Waals surface area contributed by atoms with Gasteiger partial charge < -0.3 is 14.0 Å². The third-order valence-electron chi connectivity index (χ3n) is 5.82. The first-order valence-electron chi connectivity index (χ1n) is 9.97. The van der Waals surface area contributed by atoms with Crippen LogP contribution in [0.3, 0.4) is 0 Å². The highest BCUT2D eigenvalue weighted by molar-refractivity contribution is 5.93. The second kappa shape index (κ2) is 6.86. The van der Waals surface area contributed by atoms with Gasteiger partial charge >= 0.3 is 5.90 Å². The third-order valence-corrected chi connectivity index (χ3v) is 5.82. The lowest BCUT2D eigenvalue weighted by atomic mass is 10.1. The van der Waals surface area contributed by atoms with Gasteiger partial charge in [-0.25, -0.2) is 19.9 Å². The molecule has 1 fully saturated rings. The second-order valence-electron chi connectivity index (χ2n) is 8.06. The Bertz CT molecular complexity index is 1350. The van der Waals surface area contributed by atoms with Gasteiger partial charge in [-0.3, -0.25) is 5.41 Å². The monoisotopic (exact) mass is 419 g/mol. The van der Waals surface area contributed by atoms with E-state index in [0.717, 1.165) is 40.8 Å². The van der Waals surface area contributed by atoms with Crippen LogP contribution in [0.4, 0.5) is 0 Å². The van der Waals surface area contributed by atoms with E-state index in [-0.39, 0.29) is 23.8 Å². The number of nitrogens with one attached hydrogen (secondary N) is 1. The fourth-order valence-electron chi connectivity index (χ4n) is 3.63. The number of hydrogen-bond acceptors (Lipinski definition) is 7. The first-order valence-corrected chi connectivity index (χ1v) is 9.97. The molecule has 10 heteroatoms. The molecule has 4 aromatic rings. The molecule has 4 aromatic heterocycles. The van der Waals surface area contributed by atoms with Crippen molar-refractivity contribution >= 4 is 28.5 Å². The number of fused-ring (bicyclic) bond motifs is 2. The quantitative estimate of drug-likeness (QED) is 0.372. The van der Waals surface area contributed by atoms with Gasteiger partial charge in [0.1, 0.15) is 24.2 Å². The lowest BCUT2D eigenvalue weighted by Crippen LogP contribution is -2.46. The SMILES string of the molecule is COc1ncnn2ccc(-c3cnc4nc(C)n(CC(=[NH2+])OC(=N)C5(C)CC5)c4c3)c12. The summed E-state index contributed by atoms with van der Waals surface area (Å²) in [4.78, 5) is 13.3. The number of nitrogens with zero attached hydrogens (tertiary/aromatic N) is 6. The van der Waals surface area contributed by atoms with Gasteiger partial charge in [-0.2, -0.15) is 10.1 Å². The van der Waals surface area contributed by atoms with Crippen LogP contribution >= 0.6 is 0 Å². The van der Waals surface area contributed by atoms with E-state index in [4.69, 9.17) is 20.3 Å². The summed E-state index contributed by atoms with van der Waals surface area (Å²) in [6.45, 7) is 4.19. The van der Waals surface area contributed by atoms with E-state index in [1.807, 2.05) is 36.7 Å². The molecule has 10 nitrogen and oxygen atoms in total. The molecule has 0 unspecified atom stereocenters. The van der Waals surface area contributed by atoms with Gasteiger partial charge in [-0.15, -0.1) is 0 Å². The minimum atomic E-state index is -0.178. The number of methoxy groups -OCH3 is 1. The molecule has 0 aliphatic heterocycles. The first kappa shape index (κ1) is 19.2. The van der Waals surface area contributed by atoms with E-state index in [1.54, 1.807) is 17.8 Å². The van der Waals surface area contributed by atoms with E-state index in [0.29, 0.717) is 11.5 Å². The van der Waals surface area contributed by atoms with Crippen molar-refractivity contribution in [2.45, 2.75) is 33.2 Å². The standard InChI is InChI=1S/C21H22N8O2/c1-12-27-18-15(28(12)10-16(22)31-20(23)21(2)5-6-21)8-13(9-24-18)14-4-7-29-17(14)19(30-3)25-11-26-29/h4,7-9,11,22-23H,5-6,10H2,1-3H3/p+1. The first-order chi connectivity index (χ1) is 14.9. The molecule has 4 heterocycles. The minimum Gasteiger partial charge on any atom is -0.479 e. The minimum absolute atomic E-state index is 0.178. The topological polar surface area (TPSA) is 129 Å². The maximum Gasteiger partial charge on any atom is 0.360 e. The number of nitrogens with two attached hydrogens (primary N) is 1. The van der Waals surface area contributed by atoms with Gasteiger partial charge in [0.2, 0.25) is 5.88 Å². The Hall–Kier alpha value is -3.82. The normalized spacial score (nSPS) is 14.7. The Kier molecular flexibility index (Phi) is 4.24. The summed E-state index contributed by atoms with van der Waals surface area (Å²) >= 11 is 0. The molecule has 31 heavy (non-hydrogen) atoms. The van der Waals surface area contributed by atoms with Crippen molar-refractivity contribution in [3.63, 3.8) is 0 Å². The summed E-state index contributed by atoms with van der Waals surface area (Å²) in [5.41, 5.74) is 3.79. The average molecular weight is 419 g/mol. The van der Waals surface area contributed by atoms with Crippen LogP contribution in [0.15, 0.2) is 30.9 Å². The number of aryl methyl sites for hydroxylation is 1. The number of pyridine rings is 1. The lowest BCUT2D eigenvalue weighted by molar-refractivity contribution is -0.136. The van der Waals surface area contributed by atoms with Crippen molar-refractivity contribution in [2.24, 2.45) is 5.41 Å². The molecular weight excluding hydrogens is 396 g/mol. The fraction of sp³-hybridized carbons (Fsp3) is 0.333. The molecule has 0 atom stereocenters. The average Bonchev–Trinajstić information content (AvgIpc) is 3.25. The van der Waals surface area contributed by atoms with E-state index >= 15 is 0 Å². The van der Waals surface area contributed by atoms with Crippen LogP contribution in [0, 0.1) is 17.7 Å². The van der Waals surface area contributed by atoms with Crippen molar-refractivity contribution in [2.75, 3.05) is 7.11 Å². The van der Waals surface area contributed by atoms with Crippen molar-refractivity contribution in [1.82, 2.24) is 29.1 Å². The molecule has 0 spiro atoms. The van der Waals surface area contributed by atoms with E-state index < -0.39 is 0 Å². The third kappa shape index (κ3) is 3.20. The molecule has 5 rings (SSSR count). The molecule has 1 aliphatic carbocycles. The van der Waals surface area contributed by atoms with Crippen LogP contribution in [-0.2, 0) is 11.3 Å². The highest BCUT2D eigenvalue weighted by atomic mass is 16.5. The molecule has 1 saturated carbocycles. The number of imidazole rings is 1. The van der Waals surface area contributed by atoms with Crippen LogP contribution < -0.4 is 10.1 Å². The number of hydrogen-bond donors (Lipinski definition) is 2. The molecule has 0 aromatic carbocycles. The van der Waals surface area contributed by atoms with Crippen molar-refractivity contribution in [1.29, 1.82) is 5.41 Å². The maximum atomic E-state index is 8.14. The zero-order valence-electron chi connectivity index (χ0n) is 17.6. The zero-order valence-corrected chi connectivity index (χ0v) is 17.6. The Labute approximate surface area is 177 Å². The van der Waals surface area contributed by atoms with Crippen molar-refractivity contribution in [3.8, 4) is 17.0 Å². The highest BCUT2D eigenvalue weighted by Crippen LogP contribution is 2.46. The fourth-order valence-corrected chi connectivity index (χ4v) is 3.63. The van der Waals surface area contributed by atoms with E-state index in [1.165, 1.54) is 6.33 Å². The largest absolute Gasteiger partial charge is 0.479 e. The van der Waals surface area contributed by atoms with Crippen LogP contribution in [-0.4, -0.2) is 48.0 Å². The summed E-state index contributed by atoms with van der Waals surface area (Å²) in [6, 6.07) is 3.95.